The minimum Gasteiger partial charge on any atom is -0.467 e. The van der Waals surface area contributed by atoms with Crippen molar-refractivity contribution in [3.05, 3.63) is 46.5 Å². The lowest BCUT2D eigenvalue weighted by atomic mass is 9.86. The van der Waals surface area contributed by atoms with Crippen LogP contribution >= 0.6 is 11.3 Å². The maximum Gasteiger partial charge on any atom is 0.315 e. The summed E-state index contributed by atoms with van der Waals surface area (Å²) in [5, 5.41) is 17.6. The summed E-state index contributed by atoms with van der Waals surface area (Å²) in [5.74, 6) is 0.436. The summed E-state index contributed by atoms with van der Waals surface area (Å²) in [4.78, 5) is 13.2. The Morgan fingerprint density at radius 3 is 2.68 bits per heavy atom. The van der Waals surface area contributed by atoms with E-state index < -0.39 is 6.10 Å². The van der Waals surface area contributed by atoms with Crippen LogP contribution in [0.3, 0.4) is 0 Å². The lowest BCUT2D eigenvalue weighted by Crippen LogP contribution is -2.43. The SMILES string of the molecule is CC(C)(C)C(NC(=O)NCC(O)c1ccco1)c1cccs1. The molecule has 0 bridgehead atoms. The van der Waals surface area contributed by atoms with Crippen molar-refractivity contribution < 1.29 is 14.3 Å². The molecule has 0 aliphatic carbocycles. The van der Waals surface area contributed by atoms with Crippen molar-refractivity contribution in [2.45, 2.75) is 32.9 Å². The van der Waals surface area contributed by atoms with E-state index in [4.69, 9.17) is 4.42 Å². The monoisotopic (exact) mass is 322 g/mol. The molecule has 2 rings (SSSR count). The maximum atomic E-state index is 12.1. The van der Waals surface area contributed by atoms with Gasteiger partial charge in [-0.3, -0.25) is 0 Å². The van der Waals surface area contributed by atoms with E-state index in [2.05, 4.69) is 31.4 Å². The highest BCUT2D eigenvalue weighted by Gasteiger charge is 2.28. The fourth-order valence-corrected chi connectivity index (χ4v) is 3.14. The van der Waals surface area contributed by atoms with Gasteiger partial charge in [0.25, 0.3) is 0 Å². The number of carbonyl (C=O) groups is 1. The summed E-state index contributed by atoms with van der Waals surface area (Å²) in [6.45, 7) is 6.33. The third kappa shape index (κ3) is 4.35. The third-order valence-electron chi connectivity index (χ3n) is 3.30. The lowest BCUT2D eigenvalue weighted by molar-refractivity contribution is 0.146. The van der Waals surface area contributed by atoms with Crippen LogP contribution in [-0.2, 0) is 0 Å². The zero-order chi connectivity index (χ0) is 16.2. The van der Waals surface area contributed by atoms with Crippen LogP contribution in [0.2, 0.25) is 0 Å². The quantitative estimate of drug-likeness (QED) is 0.789. The van der Waals surface area contributed by atoms with E-state index in [1.54, 1.807) is 23.5 Å². The van der Waals surface area contributed by atoms with Crippen molar-refractivity contribution in [1.82, 2.24) is 10.6 Å². The van der Waals surface area contributed by atoms with Gasteiger partial charge in [0.2, 0.25) is 0 Å². The van der Waals surface area contributed by atoms with E-state index in [9.17, 15) is 9.90 Å². The van der Waals surface area contributed by atoms with Crippen LogP contribution in [0.5, 0.6) is 0 Å². The van der Waals surface area contributed by atoms with E-state index in [1.807, 2.05) is 17.5 Å². The average molecular weight is 322 g/mol. The second-order valence-electron chi connectivity index (χ2n) is 6.20. The molecule has 5 nitrogen and oxygen atoms in total. The second kappa shape index (κ2) is 6.98. The van der Waals surface area contributed by atoms with Gasteiger partial charge in [0.1, 0.15) is 11.9 Å². The fraction of sp³-hybridized carbons (Fsp3) is 0.438. The van der Waals surface area contributed by atoms with Gasteiger partial charge in [-0.2, -0.15) is 0 Å². The summed E-state index contributed by atoms with van der Waals surface area (Å²) in [6, 6.07) is 6.96. The number of aliphatic hydroxyl groups is 1. The second-order valence-corrected chi connectivity index (χ2v) is 7.18. The van der Waals surface area contributed by atoms with Crippen molar-refractivity contribution in [2.24, 2.45) is 5.41 Å². The first-order valence-corrected chi connectivity index (χ1v) is 8.05. The number of hydrogen-bond donors (Lipinski definition) is 3. The van der Waals surface area contributed by atoms with E-state index in [-0.39, 0.29) is 24.0 Å². The molecule has 0 saturated heterocycles. The van der Waals surface area contributed by atoms with Gasteiger partial charge in [0, 0.05) is 4.88 Å². The number of aliphatic hydroxyl groups excluding tert-OH is 1. The number of hydrogen-bond acceptors (Lipinski definition) is 4. The van der Waals surface area contributed by atoms with Gasteiger partial charge in [-0.05, 0) is 29.0 Å². The van der Waals surface area contributed by atoms with E-state index >= 15 is 0 Å². The number of nitrogens with one attached hydrogen (secondary N) is 2. The number of carbonyl (C=O) groups excluding carboxylic acids is 1. The molecule has 6 heteroatoms. The van der Waals surface area contributed by atoms with Crippen LogP contribution < -0.4 is 10.6 Å². The molecule has 0 spiro atoms. The molecule has 2 unspecified atom stereocenters. The normalized spacial score (nSPS) is 14.4. The predicted octanol–water partition coefficient (Wildman–Crippen LogP) is 3.46. The summed E-state index contributed by atoms with van der Waals surface area (Å²) in [7, 11) is 0. The molecule has 2 amide bonds. The molecular formula is C16H22N2O3S. The highest BCUT2D eigenvalue weighted by molar-refractivity contribution is 7.10. The maximum absolute atomic E-state index is 12.1. The average Bonchev–Trinajstić information content (AvgIpc) is 3.12. The standard InChI is InChI=1S/C16H22N2O3S/c1-16(2,3)14(13-7-5-9-22-13)18-15(20)17-10-11(19)12-6-4-8-21-12/h4-9,11,14,19H,10H2,1-3H3,(H2,17,18,20). The third-order valence-corrected chi connectivity index (χ3v) is 4.23. The van der Waals surface area contributed by atoms with Crippen LogP contribution in [0, 0.1) is 5.41 Å². The van der Waals surface area contributed by atoms with Crippen LogP contribution in [-0.4, -0.2) is 17.7 Å². The Hall–Kier alpha value is -1.79. The van der Waals surface area contributed by atoms with E-state index in [1.165, 1.54) is 6.26 Å². The molecule has 120 valence electrons. The van der Waals surface area contributed by atoms with Crippen molar-refractivity contribution >= 4 is 17.4 Å². The number of rotatable bonds is 5. The minimum atomic E-state index is -0.851. The van der Waals surface area contributed by atoms with Crippen molar-refractivity contribution in [3.8, 4) is 0 Å². The van der Waals surface area contributed by atoms with Gasteiger partial charge < -0.3 is 20.2 Å². The van der Waals surface area contributed by atoms with Gasteiger partial charge in [-0.25, -0.2) is 4.79 Å². The Labute approximate surface area is 134 Å². The molecule has 0 saturated carbocycles. The zero-order valence-electron chi connectivity index (χ0n) is 13.0. The first-order chi connectivity index (χ1) is 10.4. The summed E-state index contributed by atoms with van der Waals surface area (Å²) < 4.78 is 5.10. The van der Waals surface area contributed by atoms with Gasteiger partial charge >= 0.3 is 6.03 Å². The minimum absolute atomic E-state index is 0.0896. The fourth-order valence-electron chi connectivity index (χ4n) is 2.12. The topological polar surface area (TPSA) is 74.5 Å². The first-order valence-electron chi connectivity index (χ1n) is 7.17. The summed E-state index contributed by atoms with van der Waals surface area (Å²) >= 11 is 1.62. The van der Waals surface area contributed by atoms with Crippen LogP contribution in [0.1, 0.15) is 43.6 Å². The molecule has 0 radical (unpaired) electrons. The van der Waals surface area contributed by atoms with Crippen molar-refractivity contribution in [1.29, 1.82) is 0 Å². The number of furan rings is 1. The molecule has 0 fully saturated rings. The van der Waals surface area contributed by atoms with Crippen molar-refractivity contribution in [3.63, 3.8) is 0 Å². The molecule has 2 aromatic rings. The Balaban J connectivity index is 1.92. The van der Waals surface area contributed by atoms with E-state index in [0.29, 0.717) is 5.76 Å². The van der Waals surface area contributed by atoms with Crippen LogP contribution in [0.25, 0.3) is 0 Å². The van der Waals surface area contributed by atoms with Crippen molar-refractivity contribution in [2.75, 3.05) is 6.54 Å². The Bertz CT molecular complexity index is 573. The lowest BCUT2D eigenvalue weighted by Gasteiger charge is -2.30. The molecule has 3 N–H and O–H groups in total. The van der Waals surface area contributed by atoms with Gasteiger partial charge in [0.05, 0.1) is 18.8 Å². The highest BCUT2D eigenvalue weighted by atomic mass is 32.1. The zero-order valence-corrected chi connectivity index (χ0v) is 13.8. The van der Waals surface area contributed by atoms with Crippen LogP contribution in [0.4, 0.5) is 4.79 Å². The number of amides is 2. The van der Waals surface area contributed by atoms with E-state index in [0.717, 1.165) is 4.88 Å². The highest BCUT2D eigenvalue weighted by Crippen LogP contribution is 2.34. The Kier molecular flexibility index (Phi) is 5.26. The molecule has 2 aromatic heterocycles. The number of thiophene rings is 1. The number of urea groups is 1. The molecule has 0 aliphatic rings. The van der Waals surface area contributed by atoms with Gasteiger partial charge in [-0.1, -0.05) is 26.8 Å². The Morgan fingerprint density at radius 2 is 2.14 bits per heavy atom. The molecule has 2 heterocycles. The molecule has 2 atom stereocenters. The summed E-state index contributed by atoms with van der Waals surface area (Å²) in [5.41, 5.74) is -0.109. The summed E-state index contributed by atoms with van der Waals surface area (Å²) in [6.07, 6.45) is 0.640. The van der Waals surface area contributed by atoms with Gasteiger partial charge in [0.15, 0.2) is 0 Å². The molecule has 0 aliphatic heterocycles. The smallest absolute Gasteiger partial charge is 0.315 e. The first kappa shape index (κ1) is 16.6. The van der Waals surface area contributed by atoms with Crippen LogP contribution in [0.15, 0.2) is 40.3 Å². The molecule has 0 aromatic carbocycles. The molecular weight excluding hydrogens is 300 g/mol. The predicted molar refractivity (Wildman–Crippen MR) is 86.7 cm³/mol. The Morgan fingerprint density at radius 1 is 1.36 bits per heavy atom. The molecule has 22 heavy (non-hydrogen) atoms. The van der Waals surface area contributed by atoms with Gasteiger partial charge in [-0.15, -0.1) is 11.3 Å². The largest absolute Gasteiger partial charge is 0.467 e.